The maximum Gasteiger partial charge on any atom is 0.260 e. The molecule has 1 heterocycles. The van der Waals surface area contributed by atoms with Gasteiger partial charge in [-0.25, -0.2) is 4.39 Å². The van der Waals surface area contributed by atoms with Gasteiger partial charge >= 0.3 is 0 Å². The summed E-state index contributed by atoms with van der Waals surface area (Å²) in [6, 6.07) is 19.3. The molecule has 1 unspecified atom stereocenters. The van der Waals surface area contributed by atoms with Crippen molar-refractivity contribution in [1.82, 2.24) is 15.6 Å². The van der Waals surface area contributed by atoms with Crippen LogP contribution in [0.1, 0.15) is 40.7 Å². The highest BCUT2D eigenvalue weighted by Crippen LogP contribution is 2.49. The van der Waals surface area contributed by atoms with E-state index in [1.165, 1.54) is 5.01 Å². The predicted molar refractivity (Wildman–Crippen MR) is 135 cm³/mol. The molecule has 3 aromatic carbocycles. The summed E-state index contributed by atoms with van der Waals surface area (Å²) in [5, 5.41) is 9.30. The van der Waals surface area contributed by atoms with E-state index in [1.54, 1.807) is 24.3 Å². The molecule has 2 aliphatic rings. The third-order valence-corrected chi connectivity index (χ3v) is 7.35. The van der Waals surface area contributed by atoms with Crippen LogP contribution in [0.4, 0.5) is 4.39 Å². The minimum Gasteiger partial charge on any atom is -0.349 e. The minimum absolute atomic E-state index is 0.0214. The lowest BCUT2D eigenvalue weighted by Gasteiger charge is -2.22. The van der Waals surface area contributed by atoms with Gasteiger partial charge < -0.3 is 10.6 Å². The molecule has 1 aliphatic carbocycles. The Morgan fingerprint density at radius 3 is 2.57 bits per heavy atom. The third-order valence-electron chi connectivity index (χ3n) is 6.89. The average Bonchev–Trinajstić information content (AvgIpc) is 3.53. The maximum absolute atomic E-state index is 15.0. The number of carbonyl (C=O) groups excluding carboxylic acids is 2. The van der Waals surface area contributed by atoms with E-state index in [0.717, 1.165) is 33.7 Å². The van der Waals surface area contributed by atoms with Crippen LogP contribution in [-0.2, 0) is 16.9 Å². The van der Waals surface area contributed by atoms with E-state index in [-0.39, 0.29) is 32.0 Å². The van der Waals surface area contributed by atoms with Gasteiger partial charge in [0.2, 0.25) is 5.67 Å². The molecule has 2 amide bonds. The van der Waals surface area contributed by atoms with Gasteiger partial charge in [0.25, 0.3) is 11.8 Å². The van der Waals surface area contributed by atoms with E-state index in [0.29, 0.717) is 11.1 Å². The van der Waals surface area contributed by atoms with E-state index >= 15 is 4.39 Å². The molecule has 1 saturated carbocycles. The Bertz CT molecular complexity index is 1370. The number of hydrogen-bond acceptors (Lipinski definition) is 3. The topological polar surface area (TPSA) is 65.8 Å². The molecular weight excluding hydrogens is 511 g/mol. The molecule has 1 saturated heterocycles. The number of alkyl halides is 1. The van der Waals surface area contributed by atoms with Crippen molar-refractivity contribution in [3.05, 3.63) is 93.4 Å². The van der Waals surface area contributed by atoms with Gasteiger partial charge in [-0.15, -0.1) is 5.01 Å². The van der Waals surface area contributed by atoms with Crippen LogP contribution in [0.5, 0.6) is 0 Å². The molecule has 35 heavy (non-hydrogen) atoms. The summed E-state index contributed by atoms with van der Waals surface area (Å²) in [5.41, 5.74) is -0.419. The summed E-state index contributed by atoms with van der Waals surface area (Å²) in [7, 11) is 0. The number of nitrogens with zero attached hydrogens (tertiary/aromatic N) is 2. The molecular formula is C27H24BrFN4O2. The van der Waals surface area contributed by atoms with Crippen molar-refractivity contribution < 1.29 is 14.0 Å². The van der Waals surface area contributed by atoms with Crippen molar-refractivity contribution >= 4 is 38.5 Å². The standard InChI is InChI=1S/C27H24BrFN4O2/c1-30-33-13-12-26(29,17-33)25(35)31-16-19-7-3-5-9-22(19)24(34)32-27(10-11-27)23-15-20(28)14-18-6-2-4-8-21(18)23/h2-9,14-15H,10-13,16-17H2,(H,31,35)(H,32,34). The first-order valence-corrected chi connectivity index (χ1v) is 12.3. The molecule has 2 fully saturated rings. The maximum atomic E-state index is 15.0. The number of halogens is 2. The van der Waals surface area contributed by atoms with E-state index in [4.69, 9.17) is 6.57 Å². The van der Waals surface area contributed by atoms with E-state index in [2.05, 4.69) is 55.8 Å². The van der Waals surface area contributed by atoms with Gasteiger partial charge in [0.05, 0.1) is 12.1 Å². The molecule has 0 spiro atoms. The smallest absolute Gasteiger partial charge is 0.260 e. The fraction of sp³-hybridized carbons (Fsp3) is 0.296. The van der Waals surface area contributed by atoms with Gasteiger partial charge in [-0.1, -0.05) is 58.4 Å². The Balaban J connectivity index is 1.34. The molecule has 6 nitrogen and oxygen atoms in total. The van der Waals surface area contributed by atoms with E-state index < -0.39 is 17.1 Å². The zero-order valence-electron chi connectivity index (χ0n) is 19.0. The van der Waals surface area contributed by atoms with Gasteiger partial charge in [0, 0.05) is 23.0 Å². The Morgan fingerprint density at radius 2 is 1.83 bits per heavy atom. The number of nitrogens with one attached hydrogen (secondary N) is 2. The highest BCUT2D eigenvalue weighted by Gasteiger charge is 2.48. The van der Waals surface area contributed by atoms with E-state index in [1.807, 2.05) is 12.1 Å². The van der Waals surface area contributed by atoms with Gasteiger partial charge in [0.1, 0.15) is 6.54 Å². The van der Waals surface area contributed by atoms with E-state index in [9.17, 15) is 9.59 Å². The molecule has 3 aromatic rings. The number of carbonyl (C=O) groups is 2. The van der Waals surface area contributed by atoms with Crippen molar-refractivity contribution in [2.75, 3.05) is 13.1 Å². The fourth-order valence-corrected chi connectivity index (χ4v) is 5.27. The first kappa shape index (κ1) is 23.3. The van der Waals surface area contributed by atoms with Crippen molar-refractivity contribution in [3.8, 4) is 0 Å². The van der Waals surface area contributed by atoms with Crippen molar-refractivity contribution in [1.29, 1.82) is 0 Å². The molecule has 8 heteroatoms. The Morgan fingerprint density at radius 1 is 1.09 bits per heavy atom. The lowest BCUT2D eigenvalue weighted by atomic mass is 9.96. The van der Waals surface area contributed by atoms with Crippen LogP contribution in [0.25, 0.3) is 15.7 Å². The monoisotopic (exact) mass is 534 g/mol. The molecule has 0 bridgehead atoms. The van der Waals surface area contributed by atoms with Crippen molar-refractivity contribution in [3.63, 3.8) is 0 Å². The van der Waals surface area contributed by atoms with Crippen LogP contribution in [-0.4, -0.2) is 35.6 Å². The predicted octanol–water partition coefficient (Wildman–Crippen LogP) is 4.89. The highest BCUT2D eigenvalue weighted by atomic mass is 79.9. The minimum atomic E-state index is -2.10. The largest absolute Gasteiger partial charge is 0.349 e. The quantitative estimate of drug-likeness (QED) is 0.442. The summed E-state index contributed by atoms with van der Waals surface area (Å²) in [5.74, 6) is -0.982. The molecule has 0 radical (unpaired) electrons. The second kappa shape index (κ2) is 8.97. The zero-order valence-corrected chi connectivity index (χ0v) is 20.6. The summed E-state index contributed by atoms with van der Waals surface area (Å²) in [4.78, 5) is 29.2. The lowest BCUT2D eigenvalue weighted by Crippen LogP contribution is -2.44. The van der Waals surface area contributed by atoms with Gasteiger partial charge in [-0.3, -0.25) is 9.59 Å². The summed E-state index contributed by atoms with van der Waals surface area (Å²) in [6.45, 7) is 7.04. The number of rotatable bonds is 6. The average molecular weight is 535 g/mol. The Labute approximate surface area is 211 Å². The second-order valence-corrected chi connectivity index (χ2v) is 10.2. The number of amides is 2. The highest BCUT2D eigenvalue weighted by molar-refractivity contribution is 9.10. The fourth-order valence-electron chi connectivity index (χ4n) is 4.80. The van der Waals surface area contributed by atoms with Crippen LogP contribution in [0, 0.1) is 6.57 Å². The van der Waals surface area contributed by atoms with Crippen LogP contribution >= 0.6 is 15.9 Å². The second-order valence-electron chi connectivity index (χ2n) is 9.25. The Hall–Kier alpha value is -3.44. The van der Waals surface area contributed by atoms with Gasteiger partial charge in [0.15, 0.2) is 0 Å². The Kier molecular flexibility index (Phi) is 5.97. The zero-order chi connectivity index (χ0) is 24.6. The van der Waals surface area contributed by atoms with Crippen LogP contribution in [0.15, 0.2) is 65.1 Å². The summed E-state index contributed by atoms with van der Waals surface area (Å²) in [6.07, 6.45) is 1.65. The normalized spacial score (nSPS) is 20.3. The SMILES string of the molecule is [C-]#[N+]N1CCC(F)(C(=O)NCc2ccccc2C(=O)NC2(c3cc(Br)cc4ccccc34)CC2)C1. The molecule has 0 aromatic heterocycles. The molecule has 5 rings (SSSR count). The first-order valence-electron chi connectivity index (χ1n) is 11.5. The van der Waals surface area contributed by atoms with Crippen molar-refractivity contribution in [2.24, 2.45) is 0 Å². The third kappa shape index (κ3) is 4.48. The van der Waals surface area contributed by atoms with Crippen LogP contribution < -0.4 is 10.6 Å². The summed E-state index contributed by atoms with van der Waals surface area (Å²) >= 11 is 3.60. The van der Waals surface area contributed by atoms with Gasteiger partial charge in [-0.2, -0.15) is 11.5 Å². The first-order chi connectivity index (χ1) is 16.8. The molecule has 178 valence electrons. The number of fused-ring (bicyclic) bond motifs is 1. The summed E-state index contributed by atoms with van der Waals surface area (Å²) < 4.78 is 16.0. The van der Waals surface area contributed by atoms with Crippen molar-refractivity contribution in [2.45, 2.75) is 37.0 Å². The molecule has 2 N–H and O–H groups in total. The number of hydrogen-bond donors (Lipinski definition) is 2. The number of benzene rings is 3. The lowest BCUT2D eigenvalue weighted by molar-refractivity contribution is -0.132. The van der Waals surface area contributed by atoms with Crippen LogP contribution in [0.2, 0.25) is 0 Å². The van der Waals surface area contributed by atoms with Gasteiger partial charge in [-0.05, 0) is 52.9 Å². The van der Waals surface area contributed by atoms with Crippen LogP contribution in [0.3, 0.4) is 0 Å². The molecule has 1 atom stereocenters. The molecule has 1 aliphatic heterocycles.